The molecule has 0 spiro atoms. The Kier molecular flexibility index (Phi) is 2.69. The molecule has 0 aromatic carbocycles. The Morgan fingerprint density at radius 3 is 2.80 bits per heavy atom. The van der Waals surface area contributed by atoms with Gasteiger partial charge in [-0.1, -0.05) is 0 Å². The summed E-state index contributed by atoms with van der Waals surface area (Å²) in [7, 11) is 0. The molecule has 1 fully saturated rings. The minimum absolute atomic E-state index is 0.128. The predicted molar refractivity (Wildman–Crippen MR) is 41.9 cm³/mol. The van der Waals surface area contributed by atoms with Gasteiger partial charge in [-0.15, -0.1) is 0 Å². The molecule has 3 unspecified atom stereocenters. The Labute approximate surface area is 62.6 Å². The van der Waals surface area contributed by atoms with Gasteiger partial charge in [0, 0.05) is 6.04 Å². The van der Waals surface area contributed by atoms with Crippen molar-refractivity contribution in [3.05, 3.63) is 0 Å². The van der Waals surface area contributed by atoms with Crippen molar-refractivity contribution in [2.24, 2.45) is 5.92 Å². The molecule has 0 aromatic rings. The summed E-state index contributed by atoms with van der Waals surface area (Å²) in [5.41, 5.74) is 0. The number of aliphatic hydroxyl groups is 1. The summed E-state index contributed by atoms with van der Waals surface area (Å²) in [6, 6.07) is 0.656. The van der Waals surface area contributed by atoms with E-state index in [2.05, 4.69) is 12.2 Å². The van der Waals surface area contributed by atoms with Crippen LogP contribution in [0.2, 0.25) is 0 Å². The first-order valence-electron chi connectivity index (χ1n) is 4.10. The Bertz CT molecular complexity index is 103. The molecule has 2 nitrogen and oxygen atoms in total. The van der Waals surface area contributed by atoms with E-state index in [0.717, 1.165) is 13.0 Å². The molecule has 0 amide bonds. The molecule has 10 heavy (non-hydrogen) atoms. The quantitative estimate of drug-likeness (QED) is 0.598. The highest BCUT2D eigenvalue weighted by Crippen LogP contribution is 2.18. The molecular weight excluding hydrogens is 126 g/mol. The number of aliphatic hydroxyl groups excluding tert-OH is 1. The van der Waals surface area contributed by atoms with Crippen molar-refractivity contribution >= 4 is 0 Å². The fourth-order valence-electron chi connectivity index (χ4n) is 1.70. The maximum Gasteiger partial charge on any atom is 0.0515 e. The molecular formula is C8H17NO. The van der Waals surface area contributed by atoms with Crippen LogP contribution in [0.3, 0.4) is 0 Å². The SMILES string of the molecule is CC(O)CC1CNC(C)C1. The maximum absolute atomic E-state index is 9.07. The molecule has 0 radical (unpaired) electrons. The summed E-state index contributed by atoms with van der Waals surface area (Å²) in [6.45, 7) is 5.15. The van der Waals surface area contributed by atoms with E-state index < -0.39 is 0 Å². The molecule has 0 saturated carbocycles. The summed E-state index contributed by atoms with van der Waals surface area (Å²) in [5.74, 6) is 0.704. The fourth-order valence-corrected chi connectivity index (χ4v) is 1.70. The fraction of sp³-hybridized carbons (Fsp3) is 1.00. The van der Waals surface area contributed by atoms with Crippen molar-refractivity contribution in [3.8, 4) is 0 Å². The smallest absolute Gasteiger partial charge is 0.0515 e. The number of hydrogen-bond acceptors (Lipinski definition) is 2. The summed E-state index contributed by atoms with van der Waals surface area (Å²) in [4.78, 5) is 0. The number of hydrogen-bond donors (Lipinski definition) is 2. The van der Waals surface area contributed by atoms with Crippen LogP contribution in [0.4, 0.5) is 0 Å². The third-order valence-electron chi connectivity index (χ3n) is 2.12. The molecule has 60 valence electrons. The highest BCUT2D eigenvalue weighted by molar-refractivity contribution is 4.78. The van der Waals surface area contributed by atoms with Crippen molar-refractivity contribution in [1.29, 1.82) is 0 Å². The van der Waals surface area contributed by atoms with Crippen LogP contribution in [-0.2, 0) is 0 Å². The Morgan fingerprint density at radius 2 is 2.40 bits per heavy atom. The van der Waals surface area contributed by atoms with Crippen LogP contribution >= 0.6 is 0 Å². The van der Waals surface area contributed by atoms with Gasteiger partial charge in [0.2, 0.25) is 0 Å². The van der Waals surface area contributed by atoms with Crippen LogP contribution in [-0.4, -0.2) is 23.8 Å². The third-order valence-corrected chi connectivity index (χ3v) is 2.12. The lowest BCUT2D eigenvalue weighted by Gasteiger charge is -2.09. The highest BCUT2D eigenvalue weighted by atomic mass is 16.3. The molecule has 1 heterocycles. The minimum atomic E-state index is -0.128. The highest BCUT2D eigenvalue weighted by Gasteiger charge is 2.21. The standard InChI is InChI=1S/C8H17NO/c1-6-3-8(5-9-6)4-7(2)10/h6-10H,3-5H2,1-2H3. The van der Waals surface area contributed by atoms with E-state index in [1.165, 1.54) is 6.42 Å². The van der Waals surface area contributed by atoms with Gasteiger partial charge in [0.1, 0.15) is 0 Å². The molecule has 1 saturated heterocycles. The van der Waals surface area contributed by atoms with Gasteiger partial charge in [-0.2, -0.15) is 0 Å². The summed E-state index contributed by atoms with van der Waals surface area (Å²) >= 11 is 0. The van der Waals surface area contributed by atoms with Crippen molar-refractivity contribution < 1.29 is 5.11 Å². The molecule has 0 aliphatic carbocycles. The molecule has 1 aliphatic heterocycles. The van der Waals surface area contributed by atoms with Gasteiger partial charge >= 0.3 is 0 Å². The second-order valence-corrected chi connectivity index (χ2v) is 3.50. The lowest BCUT2D eigenvalue weighted by atomic mass is 10.00. The van der Waals surface area contributed by atoms with Crippen LogP contribution in [0.1, 0.15) is 26.7 Å². The summed E-state index contributed by atoms with van der Waals surface area (Å²) in [5, 5.41) is 12.4. The van der Waals surface area contributed by atoms with Gasteiger partial charge in [-0.25, -0.2) is 0 Å². The van der Waals surface area contributed by atoms with Crippen molar-refractivity contribution in [1.82, 2.24) is 5.32 Å². The average Bonchev–Trinajstić information content (AvgIpc) is 2.13. The van der Waals surface area contributed by atoms with E-state index in [0.29, 0.717) is 12.0 Å². The van der Waals surface area contributed by atoms with Gasteiger partial charge < -0.3 is 10.4 Å². The Balaban J connectivity index is 2.18. The first-order valence-corrected chi connectivity index (χ1v) is 4.10. The molecule has 3 atom stereocenters. The molecule has 0 bridgehead atoms. The van der Waals surface area contributed by atoms with E-state index >= 15 is 0 Å². The van der Waals surface area contributed by atoms with Gasteiger partial charge in [0.15, 0.2) is 0 Å². The molecule has 2 heteroatoms. The van der Waals surface area contributed by atoms with Crippen LogP contribution in [0.5, 0.6) is 0 Å². The largest absolute Gasteiger partial charge is 0.393 e. The van der Waals surface area contributed by atoms with Gasteiger partial charge in [0.05, 0.1) is 6.10 Å². The Hall–Kier alpha value is -0.0800. The molecule has 1 aliphatic rings. The van der Waals surface area contributed by atoms with E-state index in [1.54, 1.807) is 0 Å². The second kappa shape index (κ2) is 3.35. The van der Waals surface area contributed by atoms with Crippen molar-refractivity contribution in [3.63, 3.8) is 0 Å². The maximum atomic E-state index is 9.07. The number of nitrogens with one attached hydrogen (secondary N) is 1. The molecule has 0 aromatic heterocycles. The zero-order chi connectivity index (χ0) is 7.56. The van der Waals surface area contributed by atoms with Crippen molar-refractivity contribution in [2.45, 2.75) is 38.8 Å². The van der Waals surface area contributed by atoms with E-state index in [9.17, 15) is 0 Å². The van der Waals surface area contributed by atoms with Crippen LogP contribution < -0.4 is 5.32 Å². The normalized spacial score (nSPS) is 36.3. The molecule has 1 rings (SSSR count). The lowest BCUT2D eigenvalue weighted by Crippen LogP contribution is -2.17. The zero-order valence-electron chi connectivity index (χ0n) is 6.80. The average molecular weight is 143 g/mol. The van der Waals surface area contributed by atoms with Gasteiger partial charge in [0.25, 0.3) is 0 Å². The summed E-state index contributed by atoms with van der Waals surface area (Å²) < 4.78 is 0. The van der Waals surface area contributed by atoms with Gasteiger partial charge in [-0.3, -0.25) is 0 Å². The third kappa shape index (κ3) is 2.27. The van der Waals surface area contributed by atoms with E-state index in [1.807, 2.05) is 6.92 Å². The topological polar surface area (TPSA) is 32.3 Å². The van der Waals surface area contributed by atoms with E-state index in [-0.39, 0.29) is 6.10 Å². The number of rotatable bonds is 2. The van der Waals surface area contributed by atoms with Crippen molar-refractivity contribution in [2.75, 3.05) is 6.54 Å². The van der Waals surface area contributed by atoms with Gasteiger partial charge in [-0.05, 0) is 39.2 Å². The zero-order valence-corrected chi connectivity index (χ0v) is 6.80. The van der Waals surface area contributed by atoms with E-state index in [4.69, 9.17) is 5.11 Å². The first kappa shape index (κ1) is 8.02. The van der Waals surface area contributed by atoms with Crippen LogP contribution in [0, 0.1) is 5.92 Å². The Morgan fingerprint density at radius 1 is 1.70 bits per heavy atom. The molecule has 2 N–H and O–H groups in total. The first-order chi connectivity index (χ1) is 4.68. The minimum Gasteiger partial charge on any atom is -0.393 e. The lowest BCUT2D eigenvalue weighted by molar-refractivity contribution is 0.164. The predicted octanol–water partition coefficient (Wildman–Crippen LogP) is 0.755. The van der Waals surface area contributed by atoms with Crippen LogP contribution in [0.25, 0.3) is 0 Å². The van der Waals surface area contributed by atoms with Crippen LogP contribution in [0.15, 0.2) is 0 Å². The second-order valence-electron chi connectivity index (χ2n) is 3.50. The monoisotopic (exact) mass is 143 g/mol. The summed E-state index contributed by atoms with van der Waals surface area (Å²) in [6.07, 6.45) is 2.06.